The summed E-state index contributed by atoms with van der Waals surface area (Å²) in [6.45, 7) is 0.461. The molecule has 1 unspecified atom stereocenters. The molecule has 0 aliphatic heterocycles. The van der Waals surface area contributed by atoms with Crippen LogP contribution in [0, 0.1) is 5.41 Å². The molecule has 0 aromatic rings. The van der Waals surface area contributed by atoms with Gasteiger partial charge in [-0.1, -0.05) is 51.5 Å². The predicted octanol–water partition coefficient (Wildman–Crippen LogP) is 8.93. The van der Waals surface area contributed by atoms with Gasteiger partial charge in [-0.3, -0.25) is 13.6 Å². The van der Waals surface area contributed by atoms with Gasteiger partial charge in [0.15, 0.2) is 6.67 Å². The van der Waals surface area contributed by atoms with Crippen molar-refractivity contribution >= 4 is 5.91 Å². The van der Waals surface area contributed by atoms with Gasteiger partial charge in [0.05, 0.1) is 25.9 Å². The summed E-state index contributed by atoms with van der Waals surface area (Å²) >= 11 is 0. The molecule has 0 aromatic carbocycles. The first-order chi connectivity index (χ1) is 14.3. The van der Waals surface area contributed by atoms with E-state index >= 15 is 0 Å². The molecule has 0 bridgehead atoms. The van der Waals surface area contributed by atoms with E-state index in [0.717, 1.165) is 0 Å². The quantitative estimate of drug-likeness (QED) is 0.210. The number of halogens is 10. The van der Waals surface area contributed by atoms with Crippen LogP contribution in [0.25, 0.3) is 0 Å². The minimum Gasteiger partial charge on any atom is -0.356 e. The summed E-state index contributed by atoms with van der Waals surface area (Å²) in [5, 5.41) is 2.65. The van der Waals surface area contributed by atoms with Crippen molar-refractivity contribution < 1.29 is 53.4 Å². The number of nitrogens with one attached hydrogen (secondary N) is 1. The number of nitrogens with two attached hydrogens (primary N) is 1. The lowest BCUT2D eigenvalue weighted by Gasteiger charge is -2.23. The summed E-state index contributed by atoms with van der Waals surface area (Å²) in [7, 11) is 0.500. The Morgan fingerprint density at radius 1 is 0.919 bits per heavy atom. The van der Waals surface area contributed by atoms with Crippen LogP contribution in [0.5, 0.6) is 0 Å². The number of carbonyl (C=O) groups is 1. The lowest BCUT2D eigenvalue weighted by Crippen LogP contribution is -2.41. The molecule has 0 spiro atoms. The first kappa shape index (κ1) is 70.5. The third-order valence-electron chi connectivity index (χ3n) is 2.37. The number of alkyl halides is 10. The van der Waals surface area contributed by atoms with Crippen LogP contribution < -0.4 is 11.1 Å². The monoisotopic (exact) mass is 584 g/mol. The molecule has 4 nitrogen and oxygen atoms in total. The Morgan fingerprint density at radius 3 is 1.46 bits per heavy atom. The highest BCUT2D eigenvalue weighted by Crippen LogP contribution is 2.17. The molecule has 3 N–H and O–H groups in total. The number of carbonyl (C=O) groups excluding carboxylic acids is 1. The summed E-state index contributed by atoms with van der Waals surface area (Å²) in [4.78, 5) is 11.6. The third kappa shape index (κ3) is 78.8. The van der Waals surface area contributed by atoms with Crippen LogP contribution in [0.4, 0.5) is 43.9 Å². The molecule has 0 heterocycles. The molecule has 37 heavy (non-hydrogen) atoms. The Hall–Kier alpha value is -1.31. The van der Waals surface area contributed by atoms with Crippen LogP contribution in [0.2, 0.25) is 0 Å². The smallest absolute Gasteiger partial charge is 0.356 e. The Kier molecular flexibility index (Phi) is 97.8. The van der Waals surface area contributed by atoms with Crippen molar-refractivity contribution in [3.05, 3.63) is 0 Å². The van der Waals surface area contributed by atoms with E-state index < -0.39 is 38.2 Å². The van der Waals surface area contributed by atoms with Crippen molar-refractivity contribution in [2.24, 2.45) is 11.1 Å². The molecule has 0 aromatic heterocycles. The van der Waals surface area contributed by atoms with Gasteiger partial charge < -0.3 is 15.8 Å². The van der Waals surface area contributed by atoms with Crippen LogP contribution in [0.3, 0.4) is 0 Å². The molecule has 0 saturated heterocycles. The van der Waals surface area contributed by atoms with Gasteiger partial charge in [0.1, 0.15) is 6.67 Å². The van der Waals surface area contributed by atoms with Crippen molar-refractivity contribution in [2.45, 2.75) is 90.7 Å². The van der Waals surface area contributed by atoms with Crippen molar-refractivity contribution in [3.63, 3.8) is 0 Å². The standard InChI is InChI=1S/C10H20F2N2O2.C3H7F.C2H2F4.CH2F2.CH3F.6CH4/c1-10(2,7-16-8(12)6-11)9(15)14-5-3-4-13;1-2-3-4;3-1-2(4,5)6;2-1-3;1-2;;;;;;/h8H,3-7,13H2,1-2H3,(H,14,15);2-3H2,1H3;1H2;1H2;1H3;6*1H4. The fourth-order valence-electron chi connectivity index (χ4n) is 0.952. The number of rotatable bonds is 9. The van der Waals surface area contributed by atoms with Gasteiger partial charge in [0.25, 0.3) is 0 Å². The van der Waals surface area contributed by atoms with Crippen LogP contribution >= 0.6 is 0 Å². The van der Waals surface area contributed by atoms with Gasteiger partial charge >= 0.3 is 6.18 Å². The summed E-state index contributed by atoms with van der Waals surface area (Å²) in [5.74, 6) is -0.257. The zero-order chi connectivity index (χ0) is 25.9. The van der Waals surface area contributed by atoms with E-state index in [2.05, 4.69) is 10.1 Å². The molecule has 1 amide bonds. The summed E-state index contributed by atoms with van der Waals surface area (Å²) < 4.78 is 110. The maximum atomic E-state index is 12.5. The van der Waals surface area contributed by atoms with E-state index in [1.165, 1.54) is 0 Å². The largest absolute Gasteiger partial charge is 0.416 e. The van der Waals surface area contributed by atoms with Crippen LogP contribution in [0.1, 0.15) is 78.2 Å². The molecule has 0 rings (SSSR count). The molecule has 14 heteroatoms. The average Bonchev–Trinajstić information content (AvgIpc) is 2.74. The second kappa shape index (κ2) is 51.4. The number of amides is 1. The minimum absolute atomic E-state index is 0. The van der Waals surface area contributed by atoms with Crippen molar-refractivity contribution in [3.8, 4) is 0 Å². The lowest BCUT2D eigenvalue weighted by molar-refractivity contribution is -0.142. The van der Waals surface area contributed by atoms with Gasteiger partial charge in [-0.05, 0) is 33.2 Å². The van der Waals surface area contributed by atoms with Crippen LogP contribution in [0.15, 0.2) is 0 Å². The Morgan fingerprint density at radius 2 is 1.24 bits per heavy atom. The lowest BCUT2D eigenvalue weighted by atomic mass is 9.93. The minimum atomic E-state index is -4.62. The highest BCUT2D eigenvalue weighted by molar-refractivity contribution is 5.81. The SMILES string of the molecule is C.C.C.C.C.C.CC(C)(COC(F)CF)C(=O)NCCCN.CCCF.CF.FCC(F)(F)F.FCF. The fraction of sp³-hybridized carbons (Fsp3) is 0.957. The van der Waals surface area contributed by atoms with E-state index in [4.69, 9.17) is 5.73 Å². The van der Waals surface area contributed by atoms with E-state index in [0.29, 0.717) is 33.1 Å². The Bertz CT molecular complexity index is 352. The van der Waals surface area contributed by atoms with Crippen molar-refractivity contribution in [1.82, 2.24) is 5.32 Å². The molecule has 1 atom stereocenters. The zero-order valence-corrected chi connectivity index (χ0v) is 18.1. The summed E-state index contributed by atoms with van der Waals surface area (Å²) in [6.07, 6.45) is -5.25. The summed E-state index contributed by atoms with van der Waals surface area (Å²) in [5.41, 5.74) is 4.39. The molecular formula is C23H58F10N2O2. The topological polar surface area (TPSA) is 64.3 Å². The van der Waals surface area contributed by atoms with Crippen LogP contribution in [-0.4, -0.2) is 72.3 Å². The predicted molar refractivity (Wildman–Crippen MR) is 140 cm³/mol. The van der Waals surface area contributed by atoms with E-state index in [1.54, 1.807) is 20.8 Å². The fourth-order valence-corrected chi connectivity index (χ4v) is 0.952. The Labute approximate surface area is 221 Å². The number of hydrogen-bond acceptors (Lipinski definition) is 3. The van der Waals surface area contributed by atoms with Gasteiger partial charge in [0.2, 0.25) is 19.2 Å². The van der Waals surface area contributed by atoms with Gasteiger partial charge in [0, 0.05) is 6.54 Å². The third-order valence-corrected chi connectivity index (χ3v) is 2.37. The Balaban J connectivity index is -0.0000000304. The van der Waals surface area contributed by atoms with Crippen molar-refractivity contribution in [2.75, 3.05) is 53.8 Å². The average molecular weight is 585 g/mol. The normalized spacial score (nSPS) is 9.27. The molecule has 0 aliphatic carbocycles. The first-order valence-electron chi connectivity index (χ1n) is 8.81. The number of hydrogen-bond donors (Lipinski definition) is 2. The van der Waals surface area contributed by atoms with E-state index in [9.17, 15) is 48.7 Å². The molecule has 0 fully saturated rings. The van der Waals surface area contributed by atoms with Gasteiger partial charge in [-0.15, -0.1) is 0 Å². The molecular weight excluding hydrogens is 526 g/mol. The van der Waals surface area contributed by atoms with Gasteiger partial charge in [-0.25, -0.2) is 22.0 Å². The highest BCUT2D eigenvalue weighted by Gasteiger charge is 2.29. The van der Waals surface area contributed by atoms with Crippen LogP contribution in [-0.2, 0) is 9.53 Å². The molecule has 0 aliphatic rings. The first-order valence-corrected chi connectivity index (χ1v) is 8.81. The molecule has 242 valence electrons. The summed E-state index contributed by atoms with van der Waals surface area (Å²) in [6, 6.07) is 0. The number of ether oxygens (including phenoxy) is 1. The second-order valence-electron chi connectivity index (χ2n) is 5.70. The molecule has 0 saturated carbocycles. The van der Waals surface area contributed by atoms with E-state index in [-0.39, 0.29) is 63.7 Å². The highest BCUT2D eigenvalue weighted by atomic mass is 19.4. The maximum absolute atomic E-state index is 12.5. The van der Waals surface area contributed by atoms with Gasteiger partial charge in [-0.2, -0.15) is 13.2 Å². The maximum Gasteiger partial charge on any atom is 0.416 e. The second-order valence-corrected chi connectivity index (χ2v) is 5.70. The molecule has 0 radical (unpaired) electrons. The van der Waals surface area contributed by atoms with Crippen molar-refractivity contribution in [1.29, 1.82) is 0 Å². The zero-order valence-electron chi connectivity index (χ0n) is 18.1. The van der Waals surface area contributed by atoms with E-state index in [1.807, 2.05) is 0 Å².